The number of hydrogen-bond donors (Lipinski definition) is 0. The molecule has 0 fully saturated rings. The summed E-state index contributed by atoms with van der Waals surface area (Å²) in [6, 6.07) is 7.85. The highest BCUT2D eigenvalue weighted by Crippen LogP contribution is 2.38. The average molecular weight is 365 g/mol. The van der Waals surface area contributed by atoms with Crippen molar-refractivity contribution >= 4 is 34.7 Å². The summed E-state index contributed by atoms with van der Waals surface area (Å²) in [5.41, 5.74) is 1.93. The molecule has 0 spiro atoms. The van der Waals surface area contributed by atoms with E-state index in [-0.39, 0.29) is 0 Å². The lowest BCUT2D eigenvalue weighted by Gasteiger charge is -2.30. The number of allylic oxidation sites excluding steroid dienone is 2. The molecule has 0 saturated carbocycles. The van der Waals surface area contributed by atoms with Crippen molar-refractivity contribution in [2.45, 2.75) is 0 Å². The fourth-order valence-corrected chi connectivity index (χ4v) is 3.21. The van der Waals surface area contributed by atoms with Crippen LogP contribution < -0.4 is 0 Å². The van der Waals surface area contributed by atoms with Crippen molar-refractivity contribution in [3.63, 3.8) is 0 Å². The van der Waals surface area contributed by atoms with Gasteiger partial charge in [0.05, 0.1) is 10.0 Å². The summed E-state index contributed by atoms with van der Waals surface area (Å²) in [6.45, 7) is -3.92. The summed E-state index contributed by atoms with van der Waals surface area (Å²) in [7, 11) is 0. The molecule has 0 bridgehead atoms. The van der Waals surface area contributed by atoms with E-state index in [1.807, 2.05) is 0 Å². The Kier molecular flexibility index (Phi) is 2.78. The quantitative estimate of drug-likeness (QED) is 0.675. The van der Waals surface area contributed by atoms with E-state index in [1.165, 1.54) is 18.5 Å². The molecule has 0 saturated heterocycles. The van der Waals surface area contributed by atoms with E-state index in [0.717, 1.165) is 8.96 Å². The first-order valence-corrected chi connectivity index (χ1v) is 7.49. The molecule has 2 aliphatic rings. The number of benzene rings is 1. The standard InChI is InChI=1S/C15H9BBrF3N2/c17-11-6-5-10(9-12(11)18)15-13-3-1-7-21(13)16(19,20)22-8-2-4-14(15)22/h1-9H. The number of aromatic nitrogens is 1. The molecule has 4 rings (SSSR count). The van der Waals surface area contributed by atoms with E-state index in [4.69, 9.17) is 0 Å². The van der Waals surface area contributed by atoms with Gasteiger partial charge in [-0.2, -0.15) is 0 Å². The predicted molar refractivity (Wildman–Crippen MR) is 83.4 cm³/mol. The molecular formula is C15H9BBrF3N2. The number of hydrogen-bond acceptors (Lipinski definition) is 0. The molecule has 2 aromatic rings. The third kappa shape index (κ3) is 1.72. The number of nitrogens with zero attached hydrogens (tertiary/aromatic N) is 2. The maximum atomic E-state index is 14.6. The van der Waals surface area contributed by atoms with E-state index >= 15 is 0 Å². The fraction of sp³-hybridized carbons (Fsp3) is 0. The first kappa shape index (κ1) is 13.6. The molecule has 3 heterocycles. The van der Waals surface area contributed by atoms with Crippen LogP contribution in [0.2, 0.25) is 0 Å². The summed E-state index contributed by atoms with van der Waals surface area (Å²) in [5, 5.41) is 0. The first-order valence-electron chi connectivity index (χ1n) is 6.69. The van der Waals surface area contributed by atoms with Crippen molar-refractivity contribution < 1.29 is 17.5 Å². The van der Waals surface area contributed by atoms with Gasteiger partial charge in [-0.15, -0.1) is 0 Å². The summed E-state index contributed by atoms with van der Waals surface area (Å²) in [5.74, 6) is -0.427. The molecule has 0 radical (unpaired) electrons. The molecule has 2 nitrogen and oxygen atoms in total. The molecule has 110 valence electrons. The zero-order chi connectivity index (χ0) is 15.5. The van der Waals surface area contributed by atoms with Gasteiger partial charge >= 0.3 is 6.97 Å². The normalized spacial score (nSPS) is 18.3. The second-order valence-electron chi connectivity index (χ2n) is 5.19. The van der Waals surface area contributed by atoms with Crippen LogP contribution in [0.25, 0.3) is 5.57 Å². The molecule has 0 N–H and O–H groups in total. The highest BCUT2D eigenvalue weighted by atomic mass is 79.9. The van der Waals surface area contributed by atoms with Crippen LogP contribution in [0.15, 0.2) is 58.9 Å². The molecule has 1 aromatic heterocycles. The highest BCUT2D eigenvalue weighted by molar-refractivity contribution is 9.10. The van der Waals surface area contributed by atoms with Gasteiger partial charge in [0, 0.05) is 17.8 Å². The maximum absolute atomic E-state index is 14.6. The minimum Gasteiger partial charge on any atom is -0.396 e. The summed E-state index contributed by atoms with van der Waals surface area (Å²) >= 11 is 3.11. The molecule has 0 atom stereocenters. The van der Waals surface area contributed by atoms with Crippen LogP contribution in [0.1, 0.15) is 11.3 Å². The predicted octanol–water partition coefficient (Wildman–Crippen LogP) is 4.04. The van der Waals surface area contributed by atoms with E-state index in [1.54, 1.807) is 36.4 Å². The lowest BCUT2D eigenvalue weighted by Crippen LogP contribution is -2.49. The molecule has 7 heteroatoms. The van der Waals surface area contributed by atoms with Gasteiger partial charge in [-0.25, -0.2) is 4.39 Å². The van der Waals surface area contributed by atoms with Crippen molar-refractivity contribution in [3.8, 4) is 0 Å². The summed E-state index contributed by atoms with van der Waals surface area (Å²) in [6.07, 6.45) is 5.91. The van der Waals surface area contributed by atoms with Gasteiger partial charge in [0.2, 0.25) is 0 Å². The number of halogens is 4. The van der Waals surface area contributed by atoms with Gasteiger partial charge in [-0.1, -0.05) is 6.07 Å². The van der Waals surface area contributed by atoms with Gasteiger partial charge < -0.3 is 17.6 Å². The highest BCUT2D eigenvalue weighted by Gasteiger charge is 2.51. The van der Waals surface area contributed by atoms with E-state index in [9.17, 15) is 13.0 Å². The molecule has 0 aliphatic carbocycles. The van der Waals surface area contributed by atoms with Crippen LogP contribution in [-0.4, -0.2) is 22.1 Å². The third-order valence-electron chi connectivity index (χ3n) is 3.95. The molecule has 0 amide bonds. The zero-order valence-corrected chi connectivity index (χ0v) is 12.8. The minimum absolute atomic E-state index is 0.341. The lowest BCUT2D eigenvalue weighted by molar-refractivity contribution is -0.356. The molecule has 2 aliphatic heterocycles. The van der Waals surface area contributed by atoms with Gasteiger partial charge in [-0.05, 0) is 52.0 Å². The van der Waals surface area contributed by atoms with Crippen molar-refractivity contribution in [1.82, 2.24) is 4.48 Å². The second kappa shape index (κ2) is 4.49. The van der Waals surface area contributed by atoms with Crippen LogP contribution >= 0.6 is 15.9 Å². The number of rotatable bonds is 1. The van der Waals surface area contributed by atoms with Crippen molar-refractivity contribution in [3.05, 3.63) is 75.9 Å². The van der Waals surface area contributed by atoms with Crippen molar-refractivity contribution in [2.24, 2.45) is 0 Å². The lowest BCUT2D eigenvalue weighted by atomic mass is 9.86. The smallest absolute Gasteiger partial charge is 0.396 e. The zero-order valence-electron chi connectivity index (χ0n) is 11.2. The van der Waals surface area contributed by atoms with Gasteiger partial charge in [-0.3, -0.25) is 0 Å². The Balaban J connectivity index is 2.04. The third-order valence-corrected chi connectivity index (χ3v) is 4.59. The summed E-state index contributed by atoms with van der Waals surface area (Å²) in [4.78, 5) is 0. The summed E-state index contributed by atoms with van der Waals surface area (Å²) < 4.78 is 45.3. The van der Waals surface area contributed by atoms with Gasteiger partial charge in [0.1, 0.15) is 12.0 Å². The number of fused-ring (bicyclic) bond motifs is 2. The molecular weight excluding hydrogens is 356 g/mol. The monoisotopic (exact) mass is 364 g/mol. The van der Waals surface area contributed by atoms with Gasteiger partial charge in [0.15, 0.2) is 5.70 Å². The Hall–Kier alpha value is -2.02. The maximum Gasteiger partial charge on any atom is 0.737 e. The van der Waals surface area contributed by atoms with Crippen molar-refractivity contribution in [1.29, 1.82) is 0 Å². The molecule has 1 aromatic carbocycles. The van der Waals surface area contributed by atoms with E-state index < -0.39 is 12.8 Å². The van der Waals surface area contributed by atoms with Crippen molar-refractivity contribution in [2.75, 3.05) is 0 Å². The SMILES string of the molecule is Fc1cc(C2=C3C=CC=[N+]3[B-](F)(F)n3cccc32)ccc1Br. The van der Waals surface area contributed by atoms with Crippen LogP contribution in [-0.2, 0) is 0 Å². The topological polar surface area (TPSA) is 7.94 Å². The van der Waals surface area contributed by atoms with Crippen LogP contribution in [0.5, 0.6) is 0 Å². The first-order chi connectivity index (χ1) is 10.5. The largest absolute Gasteiger partial charge is 0.737 e. The van der Waals surface area contributed by atoms with E-state index in [0.29, 0.717) is 27.0 Å². The van der Waals surface area contributed by atoms with E-state index in [2.05, 4.69) is 15.9 Å². The second-order valence-corrected chi connectivity index (χ2v) is 6.05. The van der Waals surface area contributed by atoms with Crippen LogP contribution in [0.4, 0.5) is 13.0 Å². The van der Waals surface area contributed by atoms with Crippen LogP contribution in [0.3, 0.4) is 0 Å². The Morgan fingerprint density at radius 1 is 1.18 bits per heavy atom. The average Bonchev–Trinajstić information content (AvgIpc) is 3.12. The Bertz CT molecular complexity index is 896. The Labute approximate surface area is 133 Å². The van der Waals surface area contributed by atoms with Gasteiger partial charge in [0.25, 0.3) is 0 Å². The molecule has 0 unspecified atom stereocenters. The van der Waals surface area contributed by atoms with Crippen LogP contribution in [0, 0.1) is 5.82 Å². The Morgan fingerprint density at radius 3 is 2.77 bits per heavy atom. The minimum atomic E-state index is -3.92. The molecule has 22 heavy (non-hydrogen) atoms. The Morgan fingerprint density at radius 2 is 2.00 bits per heavy atom. The fourth-order valence-electron chi connectivity index (χ4n) is 2.97.